The lowest BCUT2D eigenvalue weighted by Crippen LogP contribution is -2.31. The Labute approximate surface area is 135 Å². The van der Waals surface area contributed by atoms with E-state index in [2.05, 4.69) is 4.99 Å². The van der Waals surface area contributed by atoms with E-state index in [1.54, 1.807) is 30.5 Å². The molecule has 0 radical (unpaired) electrons. The van der Waals surface area contributed by atoms with Crippen molar-refractivity contribution in [2.45, 2.75) is 26.8 Å². The normalized spacial score (nSPS) is 11.8. The second kappa shape index (κ2) is 7.27. The topological polar surface area (TPSA) is 43.6 Å². The number of hydrogen-bond donors (Lipinski definition) is 0. The zero-order valence-corrected chi connectivity index (χ0v) is 13.7. The van der Waals surface area contributed by atoms with Crippen LogP contribution in [0.15, 0.2) is 47.6 Å². The molecule has 0 fully saturated rings. The first kappa shape index (κ1) is 16.3. The number of hydrogen-bond acceptors (Lipinski definition) is 3. The lowest BCUT2D eigenvalue weighted by molar-refractivity contribution is 0.0831. The summed E-state index contributed by atoms with van der Waals surface area (Å²) in [4.78, 5) is 16.8. The summed E-state index contributed by atoms with van der Waals surface area (Å²) < 4.78 is 7.10. The number of ether oxygens (including phenoxy) is 1. The van der Waals surface area contributed by atoms with Gasteiger partial charge in [0.1, 0.15) is 11.2 Å². The fraction of sp³-hybridized carbons (Fsp3) is 0.294. The molecule has 1 heterocycles. The molecule has 2 rings (SSSR count). The van der Waals surface area contributed by atoms with E-state index in [0.717, 1.165) is 5.56 Å². The first-order chi connectivity index (χ1) is 10.5. The van der Waals surface area contributed by atoms with Gasteiger partial charge in [0.2, 0.25) is 0 Å². The molecule has 116 valence electrons. The highest BCUT2D eigenvalue weighted by atomic mass is 35.5. The van der Waals surface area contributed by atoms with Crippen LogP contribution in [-0.2, 0) is 0 Å². The predicted molar refractivity (Wildman–Crippen MR) is 87.4 cm³/mol. The van der Waals surface area contributed by atoms with Crippen LogP contribution in [-0.4, -0.2) is 23.1 Å². The minimum Gasteiger partial charge on any atom is -0.483 e. The summed E-state index contributed by atoms with van der Waals surface area (Å²) in [6.07, 6.45) is 1.70. The van der Waals surface area contributed by atoms with E-state index >= 15 is 0 Å². The lowest BCUT2D eigenvalue weighted by Gasteiger charge is -2.10. The first-order valence-electron chi connectivity index (χ1n) is 7.11. The fourth-order valence-corrected chi connectivity index (χ4v) is 2.23. The quantitative estimate of drug-likeness (QED) is 0.866. The van der Waals surface area contributed by atoms with Crippen LogP contribution in [0.3, 0.4) is 0 Å². The molecule has 0 saturated carbocycles. The highest BCUT2D eigenvalue weighted by Crippen LogP contribution is 2.21. The summed E-state index contributed by atoms with van der Waals surface area (Å²) in [7, 11) is 0. The molecule has 0 amide bonds. The molecule has 2 aromatic rings. The average molecular weight is 319 g/mol. The van der Waals surface area contributed by atoms with Gasteiger partial charge in [-0.1, -0.05) is 17.7 Å². The van der Waals surface area contributed by atoms with Gasteiger partial charge in [-0.3, -0.25) is 14.4 Å². The third-order valence-corrected chi connectivity index (χ3v) is 3.22. The van der Waals surface area contributed by atoms with Crippen LogP contribution in [0.5, 0.6) is 5.75 Å². The summed E-state index contributed by atoms with van der Waals surface area (Å²) in [5, 5.41) is 0.645. The van der Waals surface area contributed by atoms with Crippen molar-refractivity contribution in [3.05, 3.63) is 58.7 Å². The van der Waals surface area contributed by atoms with E-state index in [0.29, 0.717) is 16.3 Å². The molecule has 1 aromatic heterocycles. The van der Waals surface area contributed by atoms with Gasteiger partial charge in [0.05, 0.1) is 0 Å². The van der Waals surface area contributed by atoms with E-state index in [4.69, 9.17) is 16.3 Å². The molecule has 0 N–H and O–H groups in total. The molecular weight excluding hydrogens is 300 g/mol. The number of pyridine rings is 1. The standard InChI is InChI=1S/C17H19ClN2O2/c1-12(2)19-16-6-4-5-9-20(16)17(21)11-22-15-8-7-14(18)10-13(15)3/h4-10,12H,11H2,1-3H3. The van der Waals surface area contributed by atoms with Crippen molar-refractivity contribution in [2.75, 3.05) is 6.61 Å². The summed E-state index contributed by atoms with van der Waals surface area (Å²) in [6, 6.07) is 10.9. The third kappa shape index (κ3) is 4.21. The molecule has 0 aliphatic heterocycles. The lowest BCUT2D eigenvalue weighted by atomic mass is 10.2. The highest BCUT2D eigenvalue weighted by molar-refractivity contribution is 6.30. The second-order valence-electron chi connectivity index (χ2n) is 5.24. The number of benzene rings is 1. The number of aromatic nitrogens is 1. The van der Waals surface area contributed by atoms with E-state index < -0.39 is 0 Å². The second-order valence-corrected chi connectivity index (χ2v) is 5.68. The molecule has 0 bridgehead atoms. The molecular formula is C17H19ClN2O2. The van der Waals surface area contributed by atoms with Crippen LogP contribution in [0, 0.1) is 6.92 Å². The van der Waals surface area contributed by atoms with Crippen molar-refractivity contribution in [1.29, 1.82) is 0 Å². The Morgan fingerprint density at radius 2 is 2.09 bits per heavy atom. The number of halogens is 1. The van der Waals surface area contributed by atoms with Crippen molar-refractivity contribution in [3.63, 3.8) is 0 Å². The maximum absolute atomic E-state index is 12.4. The Bertz CT molecular complexity index is 735. The zero-order chi connectivity index (χ0) is 16.1. The van der Waals surface area contributed by atoms with Crippen LogP contribution in [0.1, 0.15) is 24.2 Å². The van der Waals surface area contributed by atoms with Gasteiger partial charge in [0.25, 0.3) is 5.91 Å². The van der Waals surface area contributed by atoms with Crippen molar-refractivity contribution in [2.24, 2.45) is 4.99 Å². The van der Waals surface area contributed by atoms with Gasteiger partial charge in [-0.15, -0.1) is 0 Å². The van der Waals surface area contributed by atoms with Crippen LogP contribution >= 0.6 is 11.6 Å². The fourth-order valence-electron chi connectivity index (χ4n) is 2.00. The number of aryl methyl sites for hydroxylation is 1. The maximum atomic E-state index is 12.4. The summed E-state index contributed by atoms with van der Waals surface area (Å²) >= 11 is 5.91. The Morgan fingerprint density at radius 1 is 1.32 bits per heavy atom. The molecule has 4 nitrogen and oxygen atoms in total. The average Bonchev–Trinajstić information content (AvgIpc) is 2.46. The zero-order valence-electron chi connectivity index (χ0n) is 12.9. The van der Waals surface area contributed by atoms with Gasteiger partial charge in [0, 0.05) is 17.3 Å². The van der Waals surface area contributed by atoms with Crippen molar-refractivity contribution < 1.29 is 9.53 Å². The van der Waals surface area contributed by atoms with Crippen LogP contribution in [0.2, 0.25) is 5.02 Å². The highest BCUT2D eigenvalue weighted by Gasteiger charge is 2.08. The molecule has 22 heavy (non-hydrogen) atoms. The van der Waals surface area contributed by atoms with Crippen molar-refractivity contribution in [3.8, 4) is 5.75 Å². The Kier molecular flexibility index (Phi) is 5.39. The van der Waals surface area contributed by atoms with E-state index in [-0.39, 0.29) is 18.6 Å². The number of carbonyl (C=O) groups is 1. The Balaban J connectivity index is 2.17. The van der Waals surface area contributed by atoms with Crippen LogP contribution in [0.25, 0.3) is 0 Å². The molecule has 0 aliphatic rings. The van der Waals surface area contributed by atoms with Gasteiger partial charge in [-0.2, -0.15) is 0 Å². The van der Waals surface area contributed by atoms with E-state index in [1.807, 2.05) is 32.9 Å². The molecule has 1 aromatic carbocycles. The van der Waals surface area contributed by atoms with E-state index in [9.17, 15) is 4.79 Å². The monoisotopic (exact) mass is 318 g/mol. The molecule has 0 unspecified atom stereocenters. The molecule has 5 heteroatoms. The van der Waals surface area contributed by atoms with Gasteiger partial charge in [-0.05, 0) is 56.7 Å². The number of nitrogens with zero attached hydrogens (tertiary/aromatic N) is 2. The predicted octanol–water partition coefficient (Wildman–Crippen LogP) is 3.48. The summed E-state index contributed by atoms with van der Waals surface area (Å²) in [5.41, 5.74) is 1.52. The van der Waals surface area contributed by atoms with Crippen LogP contribution < -0.4 is 10.2 Å². The third-order valence-electron chi connectivity index (χ3n) is 2.99. The number of carbonyl (C=O) groups excluding carboxylic acids is 1. The van der Waals surface area contributed by atoms with Crippen LogP contribution in [0.4, 0.5) is 0 Å². The van der Waals surface area contributed by atoms with Crippen molar-refractivity contribution >= 4 is 17.5 Å². The minimum atomic E-state index is -0.172. The van der Waals surface area contributed by atoms with E-state index in [1.165, 1.54) is 4.57 Å². The SMILES string of the molecule is Cc1cc(Cl)ccc1OCC(=O)n1ccccc1=NC(C)C. The Morgan fingerprint density at radius 3 is 2.77 bits per heavy atom. The Hall–Kier alpha value is -2.07. The van der Waals surface area contributed by atoms with Gasteiger partial charge in [0.15, 0.2) is 6.61 Å². The number of rotatable bonds is 4. The molecule has 0 spiro atoms. The van der Waals surface area contributed by atoms with Crippen molar-refractivity contribution in [1.82, 2.24) is 4.57 Å². The molecule has 0 aliphatic carbocycles. The maximum Gasteiger partial charge on any atom is 0.270 e. The minimum absolute atomic E-state index is 0.0578. The molecule has 0 atom stereocenters. The molecule has 0 saturated heterocycles. The summed E-state index contributed by atoms with van der Waals surface area (Å²) in [6.45, 7) is 5.77. The van der Waals surface area contributed by atoms with Gasteiger partial charge in [-0.25, -0.2) is 0 Å². The largest absolute Gasteiger partial charge is 0.483 e. The smallest absolute Gasteiger partial charge is 0.270 e. The van der Waals surface area contributed by atoms with Gasteiger partial charge >= 0.3 is 0 Å². The van der Waals surface area contributed by atoms with Gasteiger partial charge < -0.3 is 4.74 Å². The summed E-state index contributed by atoms with van der Waals surface area (Å²) in [5.74, 6) is 0.478. The first-order valence-corrected chi connectivity index (χ1v) is 7.49.